The van der Waals surface area contributed by atoms with E-state index in [0.717, 1.165) is 17.2 Å². The van der Waals surface area contributed by atoms with Gasteiger partial charge < -0.3 is 14.2 Å². The van der Waals surface area contributed by atoms with Crippen LogP contribution in [0.5, 0.6) is 17.2 Å². The van der Waals surface area contributed by atoms with Gasteiger partial charge in [0, 0.05) is 12.1 Å². The smallest absolute Gasteiger partial charge is 0.297 e. The maximum atomic E-state index is 5.10. The Morgan fingerprint density at radius 3 is 2.42 bits per heavy atom. The molecule has 0 saturated carbocycles. The van der Waals surface area contributed by atoms with Gasteiger partial charge in [-0.05, 0) is 6.07 Å². The number of benzene rings is 1. The predicted molar refractivity (Wildman–Crippen MR) is 47.1 cm³/mol. The summed E-state index contributed by atoms with van der Waals surface area (Å²) in [5, 5.41) is 0. The van der Waals surface area contributed by atoms with Gasteiger partial charge in [0.1, 0.15) is 5.75 Å². The Kier molecular flexibility index (Phi) is 2.80. The minimum atomic E-state index is 0.733. The van der Waals surface area contributed by atoms with Gasteiger partial charge in [-0.1, -0.05) is 0 Å². The van der Waals surface area contributed by atoms with E-state index >= 15 is 0 Å². The van der Waals surface area contributed by atoms with E-state index in [2.05, 4.69) is 4.74 Å². The van der Waals surface area contributed by atoms with E-state index in [9.17, 15) is 0 Å². The zero-order chi connectivity index (χ0) is 8.97. The van der Waals surface area contributed by atoms with Crippen molar-refractivity contribution in [2.24, 2.45) is 0 Å². The van der Waals surface area contributed by atoms with E-state index in [1.165, 1.54) is 0 Å². The molecule has 1 rings (SSSR count). The summed E-state index contributed by atoms with van der Waals surface area (Å²) < 4.78 is 14.2. The molecule has 0 heterocycles. The second kappa shape index (κ2) is 3.85. The number of ether oxygens (including phenoxy) is 3. The van der Waals surface area contributed by atoms with Crippen LogP contribution in [0.1, 0.15) is 0 Å². The standard InChI is InChI=1S/C9H12O3/c1-10-7-4-5-8(11-2)9(6-7)12-3/h4-6H,1-3H3/p+1. The Morgan fingerprint density at radius 1 is 1.17 bits per heavy atom. The van der Waals surface area contributed by atoms with E-state index < -0.39 is 0 Å². The Hall–Kier alpha value is -1.38. The lowest BCUT2D eigenvalue weighted by Crippen LogP contribution is -1.89. The van der Waals surface area contributed by atoms with Gasteiger partial charge in [-0.3, -0.25) is 0 Å². The van der Waals surface area contributed by atoms with Crippen molar-refractivity contribution < 1.29 is 14.2 Å². The van der Waals surface area contributed by atoms with Crippen molar-refractivity contribution in [1.82, 2.24) is 0 Å². The molecule has 3 nitrogen and oxygen atoms in total. The fraction of sp³-hybridized carbons (Fsp3) is 0.333. The van der Waals surface area contributed by atoms with Crippen molar-refractivity contribution >= 4 is 0 Å². The van der Waals surface area contributed by atoms with Gasteiger partial charge in [0.25, 0.3) is 5.75 Å². The molecule has 66 valence electrons. The largest absolute Gasteiger partial charge is 0.582 e. The van der Waals surface area contributed by atoms with Crippen molar-refractivity contribution in [3.05, 3.63) is 18.2 Å². The first-order chi connectivity index (χ1) is 5.81. The van der Waals surface area contributed by atoms with E-state index in [4.69, 9.17) is 9.47 Å². The van der Waals surface area contributed by atoms with Crippen LogP contribution in [0.4, 0.5) is 0 Å². The van der Waals surface area contributed by atoms with Crippen LogP contribution >= 0.6 is 0 Å². The average molecular weight is 169 g/mol. The molecule has 0 saturated heterocycles. The van der Waals surface area contributed by atoms with Gasteiger partial charge in [-0.2, -0.15) is 0 Å². The highest BCUT2D eigenvalue weighted by Crippen LogP contribution is 2.30. The van der Waals surface area contributed by atoms with Crippen molar-refractivity contribution in [1.29, 1.82) is 0 Å². The number of rotatable bonds is 3. The molecule has 0 aliphatic rings. The summed E-state index contributed by atoms with van der Waals surface area (Å²) in [5.74, 6) is 2.34. The molecule has 3 heteroatoms. The molecule has 0 atom stereocenters. The Morgan fingerprint density at radius 2 is 1.92 bits per heavy atom. The number of aliphatic hydroxyl groups is 1. The van der Waals surface area contributed by atoms with Gasteiger partial charge in [-0.25, -0.2) is 0 Å². The average Bonchev–Trinajstić information content (AvgIpc) is 2.16. The van der Waals surface area contributed by atoms with E-state index in [-0.39, 0.29) is 0 Å². The minimum absolute atomic E-state index is 0.733. The highest BCUT2D eigenvalue weighted by molar-refractivity contribution is 5.44. The van der Waals surface area contributed by atoms with Crippen LogP contribution in [0, 0.1) is 0 Å². The third-order valence-corrected chi connectivity index (χ3v) is 1.63. The van der Waals surface area contributed by atoms with Crippen molar-refractivity contribution in [2.75, 3.05) is 21.3 Å². The molecule has 0 aromatic heterocycles. The molecule has 0 aliphatic carbocycles. The van der Waals surface area contributed by atoms with E-state index in [1.54, 1.807) is 21.3 Å². The van der Waals surface area contributed by atoms with Crippen molar-refractivity contribution in [2.45, 2.75) is 0 Å². The van der Waals surface area contributed by atoms with Crippen LogP contribution in [0.3, 0.4) is 0 Å². The molecule has 0 amide bonds. The van der Waals surface area contributed by atoms with E-state index in [1.807, 2.05) is 18.2 Å². The maximum Gasteiger partial charge on any atom is 0.297 e. The van der Waals surface area contributed by atoms with Gasteiger partial charge in [-0.15, -0.1) is 0 Å². The monoisotopic (exact) mass is 169 g/mol. The first kappa shape index (κ1) is 8.71. The summed E-state index contributed by atoms with van der Waals surface area (Å²) in [6.45, 7) is 0. The van der Waals surface area contributed by atoms with Gasteiger partial charge in [0.05, 0.1) is 14.2 Å². The van der Waals surface area contributed by atoms with Crippen LogP contribution in [0.2, 0.25) is 0 Å². The third kappa shape index (κ3) is 1.61. The molecule has 0 aliphatic heterocycles. The topological polar surface area (TPSA) is 31.3 Å². The maximum absolute atomic E-state index is 5.10. The first-order valence-electron chi connectivity index (χ1n) is 3.63. The summed E-state index contributed by atoms with van der Waals surface area (Å²) in [7, 11) is 4.96. The Balaban J connectivity index is 3.02. The number of hydrogen-bond acceptors (Lipinski definition) is 2. The quantitative estimate of drug-likeness (QED) is 0.643. The second-order valence-electron chi connectivity index (χ2n) is 2.26. The summed E-state index contributed by atoms with van der Waals surface area (Å²) >= 11 is 0. The van der Waals surface area contributed by atoms with Crippen molar-refractivity contribution in [3.63, 3.8) is 0 Å². The summed E-state index contributed by atoms with van der Waals surface area (Å²) in [6, 6.07) is 5.52. The zero-order valence-corrected chi connectivity index (χ0v) is 7.50. The number of aromatic hydroxyl groups is 1. The van der Waals surface area contributed by atoms with Crippen molar-refractivity contribution in [3.8, 4) is 17.2 Å². The lowest BCUT2D eigenvalue weighted by molar-refractivity contribution is 0.127. The molecular weight excluding hydrogens is 156 g/mol. The number of hydrogen-bond donors (Lipinski definition) is 0. The number of methoxy groups -OCH3 is 2. The second-order valence-corrected chi connectivity index (χ2v) is 2.26. The van der Waals surface area contributed by atoms with Crippen LogP contribution in [-0.2, 0) is 0 Å². The van der Waals surface area contributed by atoms with Crippen LogP contribution < -0.4 is 9.47 Å². The van der Waals surface area contributed by atoms with Gasteiger partial charge in [0.15, 0.2) is 7.11 Å². The summed E-state index contributed by atoms with van der Waals surface area (Å²) in [5.41, 5.74) is 0. The predicted octanol–water partition coefficient (Wildman–Crippen LogP) is 1.57. The highest BCUT2D eigenvalue weighted by atomic mass is 16.5. The summed E-state index contributed by atoms with van der Waals surface area (Å²) in [6.07, 6.45) is 0. The van der Waals surface area contributed by atoms with Crippen LogP contribution in [-0.4, -0.2) is 26.1 Å². The molecule has 0 unspecified atom stereocenters. The molecule has 0 spiro atoms. The summed E-state index contributed by atoms with van der Waals surface area (Å²) in [4.78, 5) is 0. The lowest BCUT2D eigenvalue weighted by Gasteiger charge is -2.05. The Bertz CT molecular complexity index is 258. The van der Waals surface area contributed by atoms with Gasteiger partial charge >= 0.3 is 0 Å². The molecular formula is C9H13O3+. The molecule has 0 radical (unpaired) electrons. The zero-order valence-electron chi connectivity index (χ0n) is 7.50. The fourth-order valence-corrected chi connectivity index (χ4v) is 0.970. The van der Waals surface area contributed by atoms with Crippen LogP contribution in [0.15, 0.2) is 18.2 Å². The third-order valence-electron chi connectivity index (χ3n) is 1.63. The molecule has 12 heavy (non-hydrogen) atoms. The normalized spacial score (nSPS) is 9.25. The SMILES string of the molecule is COc1ccc([OH+]C)c(OC)c1. The fourth-order valence-electron chi connectivity index (χ4n) is 0.970. The Labute approximate surface area is 71.9 Å². The highest BCUT2D eigenvalue weighted by Gasteiger charge is 2.07. The van der Waals surface area contributed by atoms with Crippen LogP contribution in [0.25, 0.3) is 0 Å². The van der Waals surface area contributed by atoms with E-state index in [0.29, 0.717) is 0 Å². The minimum Gasteiger partial charge on any atom is -0.582 e. The van der Waals surface area contributed by atoms with Gasteiger partial charge in [0.2, 0.25) is 5.75 Å². The molecule has 0 bridgehead atoms. The molecule has 1 aromatic rings. The molecule has 0 fully saturated rings. The first-order valence-corrected chi connectivity index (χ1v) is 3.63. The lowest BCUT2D eigenvalue weighted by atomic mass is 10.3. The molecule has 1 N–H and O–H groups in total. The molecule has 1 aromatic carbocycles.